The number of pyridine rings is 1. The van der Waals surface area contributed by atoms with Gasteiger partial charge in [0.1, 0.15) is 6.04 Å². The van der Waals surface area contributed by atoms with Crippen LogP contribution in [-0.2, 0) is 9.59 Å². The molecule has 0 aliphatic heterocycles. The molecule has 0 radical (unpaired) electrons. The molecule has 0 saturated heterocycles. The second kappa shape index (κ2) is 11.3. The summed E-state index contributed by atoms with van der Waals surface area (Å²) in [5.74, 6) is -1.10. The molecule has 1 aliphatic carbocycles. The number of anilines is 1. The molecule has 8 heteroatoms. The molecule has 3 aromatic rings. The zero-order valence-electron chi connectivity index (χ0n) is 18.9. The first kappa shape index (κ1) is 23.2. The summed E-state index contributed by atoms with van der Waals surface area (Å²) in [7, 11) is 0. The lowest BCUT2D eigenvalue weighted by atomic mass is 9.94. The zero-order valence-corrected chi connectivity index (χ0v) is 18.9. The number of hydrogen-bond acceptors (Lipinski definition) is 5. The van der Waals surface area contributed by atoms with Crippen molar-refractivity contribution in [2.75, 3.05) is 11.4 Å². The maximum Gasteiger partial charge on any atom is 0.287 e. The summed E-state index contributed by atoms with van der Waals surface area (Å²) in [6.45, 7) is -0.311. The maximum atomic E-state index is 13.6. The van der Waals surface area contributed by atoms with E-state index in [9.17, 15) is 14.4 Å². The number of nitrogens with one attached hydrogen (secondary N) is 2. The Bertz CT molecular complexity index is 1080. The van der Waals surface area contributed by atoms with Crippen LogP contribution in [0.1, 0.15) is 54.3 Å². The number of amides is 3. The molecular formula is C26H28N4O4. The Balaban J connectivity index is 1.63. The van der Waals surface area contributed by atoms with E-state index < -0.39 is 17.9 Å². The molecule has 1 saturated carbocycles. The summed E-state index contributed by atoms with van der Waals surface area (Å²) in [5, 5.41) is 5.74. The van der Waals surface area contributed by atoms with Gasteiger partial charge in [0.15, 0.2) is 5.76 Å². The molecule has 4 rings (SSSR count). The molecule has 1 aliphatic rings. The Morgan fingerprint density at radius 1 is 1.00 bits per heavy atom. The Hall–Kier alpha value is -3.94. The van der Waals surface area contributed by atoms with Crippen molar-refractivity contribution in [2.45, 2.75) is 44.2 Å². The molecule has 1 aromatic carbocycles. The van der Waals surface area contributed by atoms with E-state index in [1.54, 1.807) is 24.4 Å². The van der Waals surface area contributed by atoms with Gasteiger partial charge in [-0.05, 0) is 42.7 Å². The predicted octanol–water partition coefficient (Wildman–Crippen LogP) is 3.63. The SMILES string of the molecule is O=C(NCC(=O)N(c1cccnc1)[C@H](C(=O)NC1CCCCC1)c1ccccc1)c1ccco1. The first-order valence-corrected chi connectivity index (χ1v) is 11.5. The van der Waals surface area contributed by atoms with Gasteiger partial charge in [-0.25, -0.2) is 0 Å². The van der Waals surface area contributed by atoms with E-state index in [2.05, 4.69) is 15.6 Å². The molecule has 0 unspecified atom stereocenters. The van der Waals surface area contributed by atoms with Crippen molar-refractivity contribution >= 4 is 23.4 Å². The third kappa shape index (κ3) is 5.70. The minimum atomic E-state index is -0.916. The summed E-state index contributed by atoms with van der Waals surface area (Å²) in [4.78, 5) is 45.0. The van der Waals surface area contributed by atoms with Crippen LogP contribution < -0.4 is 15.5 Å². The minimum Gasteiger partial charge on any atom is -0.459 e. The van der Waals surface area contributed by atoms with Gasteiger partial charge in [-0.1, -0.05) is 49.6 Å². The van der Waals surface area contributed by atoms with Crippen molar-refractivity contribution in [3.8, 4) is 0 Å². The lowest BCUT2D eigenvalue weighted by Crippen LogP contribution is -2.49. The van der Waals surface area contributed by atoms with Crippen LogP contribution in [0.5, 0.6) is 0 Å². The number of hydrogen-bond donors (Lipinski definition) is 2. The van der Waals surface area contributed by atoms with Gasteiger partial charge < -0.3 is 15.1 Å². The Morgan fingerprint density at radius 2 is 1.79 bits per heavy atom. The van der Waals surface area contributed by atoms with Crippen LogP contribution in [0.25, 0.3) is 0 Å². The van der Waals surface area contributed by atoms with Gasteiger partial charge in [0, 0.05) is 12.2 Å². The van der Waals surface area contributed by atoms with E-state index in [0.717, 1.165) is 25.7 Å². The highest BCUT2D eigenvalue weighted by Gasteiger charge is 2.34. The monoisotopic (exact) mass is 460 g/mol. The topological polar surface area (TPSA) is 105 Å². The van der Waals surface area contributed by atoms with E-state index in [1.165, 1.54) is 29.8 Å². The van der Waals surface area contributed by atoms with Crippen LogP contribution in [-0.4, -0.2) is 35.3 Å². The van der Waals surface area contributed by atoms with E-state index in [-0.39, 0.29) is 24.3 Å². The highest BCUT2D eigenvalue weighted by molar-refractivity contribution is 6.04. The van der Waals surface area contributed by atoms with Gasteiger partial charge >= 0.3 is 0 Å². The largest absolute Gasteiger partial charge is 0.459 e. The Labute approximate surface area is 198 Å². The van der Waals surface area contributed by atoms with Crippen molar-refractivity contribution in [1.82, 2.24) is 15.6 Å². The van der Waals surface area contributed by atoms with Gasteiger partial charge in [-0.3, -0.25) is 24.3 Å². The fourth-order valence-electron chi connectivity index (χ4n) is 4.25. The smallest absolute Gasteiger partial charge is 0.287 e. The predicted molar refractivity (Wildman–Crippen MR) is 127 cm³/mol. The second-order valence-corrected chi connectivity index (χ2v) is 8.29. The van der Waals surface area contributed by atoms with Gasteiger partial charge in [-0.2, -0.15) is 0 Å². The molecule has 1 fully saturated rings. The molecule has 0 spiro atoms. The van der Waals surface area contributed by atoms with Crippen molar-refractivity contribution in [3.63, 3.8) is 0 Å². The Morgan fingerprint density at radius 3 is 2.47 bits per heavy atom. The first-order valence-electron chi connectivity index (χ1n) is 11.5. The van der Waals surface area contributed by atoms with Crippen LogP contribution in [0, 0.1) is 0 Å². The second-order valence-electron chi connectivity index (χ2n) is 8.29. The third-order valence-electron chi connectivity index (χ3n) is 5.91. The maximum absolute atomic E-state index is 13.6. The van der Waals surface area contributed by atoms with Crippen molar-refractivity contribution in [3.05, 3.63) is 84.6 Å². The lowest BCUT2D eigenvalue weighted by Gasteiger charge is -2.33. The van der Waals surface area contributed by atoms with Crippen LogP contribution in [0.3, 0.4) is 0 Å². The van der Waals surface area contributed by atoms with Crippen LogP contribution >= 0.6 is 0 Å². The first-order chi connectivity index (χ1) is 16.6. The molecule has 2 N–H and O–H groups in total. The number of rotatable bonds is 8. The van der Waals surface area contributed by atoms with Crippen molar-refractivity contribution in [1.29, 1.82) is 0 Å². The number of benzene rings is 1. The van der Waals surface area contributed by atoms with Crippen LogP contribution in [0.15, 0.2) is 77.7 Å². The number of carbonyl (C=O) groups excluding carboxylic acids is 3. The van der Waals surface area contributed by atoms with E-state index in [0.29, 0.717) is 11.3 Å². The summed E-state index contributed by atoms with van der Waals surface area (Å²) in [6.07, 6.45) is 9.70. The van der Waals surface area contributed by atoms with Crippen LogP contribution in [0.4, 0.5) is 5.69 Å². The van der Waals surface area contributed by atoms with Gasteiger partial charge in [0.05, 0.1) is 24.7 Å². The molecule has 3 amide bonds. The quantitative estimate of drug-likeness (QED) is 0.534. The molecule has 1 atom stereocenters. The summed E-state index contributed by atoms with van der Waals surface area (Å²) in [5.41, 5.74) is 1.14. The highest BCUT2D eigenvalue weighted by Crippen LogP contribution is 2.28. The Kier molecular flexibility index (Phi) is 7.70. The van der Waals surface area contributed by atoms with Crippen molar-refractivity contribution in [2.24, 2.45) is 0 Å². The average molecular weight is 461 g/mol. The van der Waals surface area contributed by atoms with Gasteiger partial charge in [-0.15, -0.1) is 0 Å². The minimum absolute atomic E-state index is 0.0805. The standard InChI is InChI=1S/C26H28N4O4/c31-23(18-28-25(32)22-14-8-16-34-22)30(21-13-7-15-27-17-21)24(19-9-3-1-4-10-19)26(33)29-20-11-5-2-6-12-20/h1,3-4,7-10,13-17,20,24H,2,5-6,11-12,18H2,(H,28,32)(H,29,33)/t24-/m0/s1. The fraction of sp³-hybridized carbons (Fsp3) is 0.308. The van der Waals surface area contributed by atoms with E-state index >= 15 is 0 Å². The van der Waals surface area contributed by atoms with Crippen molar-refractivity contribution < 1.29 is 18.8 Å². The molecular weight excluding hydrogens is 432 g/mol. The molecule has 2 aromatic heterocycles. The van der Waals surface area contributed by atoms with Crippen LogP contribution in [0.2, 0.25) is 0 Å². The fourth-order valence-corrected chi connectivity index (χ4v) is 4.25. The zero-order chi connectivity index (χ0) is 23.8. The summed E-state index contributed by atoms with van der Waals surface area (Å²) in [6, 6.07) is 14.9. The molecule has 176 valence electrons. The summed E-state index contributed by atoms with van der Waals surface area (Å²) >= 11 is 0. The lowest BCUT2D eigenvalue weighted by molar-refractivity contribution is -0.127. The number of carbonyl (C=O) groups is 3. The van der Waals surface area contributed by atoms with Gasteiger partial charge in [0.25, 0.3) is 5.91 Å². The van der Waals surface area contributed by atoms with Gasteiger partial charge in [0.2, 0.25) is 11.8 Å². The molecule has 8 nitrogen and oxygen atoms in total. The normalized spacial score (nSPS) is 14.7. The molecule has 0 bridgehead atoms. The average Bonchev–Trinajstić information content (AvgIpc) is 3.42. The molecule has 34 heavy (non-hydrogen) atoms. The number of nitrogens with zero attached hydrogens (tertiary/aromatic N) is 2. The van der Waals surface area contributed by atoms with E-state index in [1.807, 2.05) is 30.3 Å². The number of furan rings is 1. The number of aromatic nitrogens is 1. The third-order valence-corrected chi connectivity index (χ3v) is 5.91. The molecule has 2 heterocycles. The highest BCUT2D eigenvalue weighted by atomic mass is 16.3. The van der Waals surface area contributed by atoms with E-state index in [4.69, 9.17) is 4.42 Å². The summed E-state index contributed by atoms with van der Waals surface area (Å²) < 4.78 is 5.10.